The molecular weight excluding hydrogens is 236 g/mol. The number of nitrogens with one attached hydrogen (secondary N) is 1. The van der Waals surface area contributed by atoms with Gasteiger partial charge in [0.25, 0.3) is 0 Å². The Morgan fingerprint density at radius 2 is 2.26 bits per heavy atom. The number of hydrogen-bond acceptors (Lipinski definition) is 3. The van der Waals surface area contributed by atoms with Crippen molar-refractivity contribution in [3.05, 3.63) is 18.2 Å². The molecule has 0 bridgehead atoms. The zero-order chi connectivity index (χ0) is 13.7. The van der Waals surface area contributed by atoms with Crippen molar-refractivity contribution >= 4 is 0 Å². The fourth-order valence-corrected chi connectivity index (χ4v) is 3.42. The highest BCUT2D eigenvalue weighted by Gasteiger charge is 2.33. The van der Waals surface area contributed by atoms with Crippen molar-refractivity contribution in [1.82, 2.24) is 19.8 Å². The van der Waals surface area contributed by atoms with Crippen LogP contribution in [0.3, 0.4) is 0 Å². The van der Waals surface area contributed by atoms with Crippen LogP contribution < -0.4 is 5.32 Å². The summed E-state index contributed by atoms with van der Waals surface area (Å²) >= 11 is 0. The van der Waals surface area contributed by atoms with E-state index in [1.54, 1.807) is 0 Å². The molecule has 1 N–H and O–H groups in total. The maximum Gasteiger partial charge on any atom is 0.0948 e. The number of rotatable bonds is 6. The van der Waals surface area contributed by atoms with Gasteiger partial charge in [-0.25, -0.2) is 4.98 Å². The van der Waals surface area contributed by atoms with Gasteiger partial charge in [0, 0.05) is 12.7 Å². The van der Waals surface area contributed by atoms with E-state index < -0.39 is 0 Å². The smallest absolute Gasteiger partial charge is 0.0948 e. The highest BCUT2D eigenvalue weighted by molar-refractivity contribution is 5.09. The second-order valence-electron chi connectivity index (χ2n) is 5.55. The second kappa shape index (κ2) is 7.06. The summed E-state index contributed by atoms with van der Waals surface area (Å²) in [5, 5.41) is 3.37. The minimum Gasteiger partial charge on any atom is -0.333 e. The van der Waals surface area contributed by atoms with E-state index in [9.17, 15) is 0 Å². The van der Waals surface area contributed by atoms with Crippen LogP contribution in [0.1, 0.15) is 44.8 Å². The first-order valence-corrected chi connectivity index (χ1v) is 7.70. The molecule has 1 fully saturated rings. The zero-order valence-electron chi connectivity index (χ0n) is 12.6. The predicted octanol–water partition coefficient (Wildman–Crippen LogP) is 2.29. The fourth-order valence-electron chi connectivity index (χ4n) is 3.42. The molecule has 1 aliphatic heterocycles. The standard InChI is InChI=1S/C15H28N4/c1-4-8-19-12-17-11-14(19)15-13(10-16-3)7-6-9-18(15)5-2/h11-13,15-16H,4-10H2,1-3H3. The van der Waals surface area contributed by atoms with Gasteiger partial charge >= 0.3 is 0 Å². The Labute approximate surface area is 117 Å². The summed E-state index contributed by atoms with van der Waals surface area (Å²) in [5.74, 6) is 0.700. The van der Waals surface area contributed by atoms with Crippen molar-refractivity contribution in [3.8, 4) is 0 Å². The molecule has 2 rings (SSSR count). The molecule has 1 aromatic rings. The summed E-state index contributed by atoms with van der Waals surface area (Å²) in [6.45, 7) is 9.03. The molecule has 1 aromatic heterocycles. The summed E-state index contributed by atoms with van der Waals surface area (Å²) in [6.07, 6.45) is 7.88. The Morgan fingerprint density at radius 3 is 2.95 bits per heavy atom. The average Bonchev–Trinajstić information content (AvgIpc) is 2.87. The maximum atomic E-state index is 4.40. The van der Waals surface area contributed by atoms with E-state index in [2.05, 4.69) is 46.9 Å². The van der Waals surface area contributed by atoms with Crippen LogP contribution in [-0.4, -0.2) is 41.1 Å². The normalized spacial score (nSPS) is 24.8. The lowest BCUT2D eigenvalue weighted by Gasteiger charge is -2.41. The fraction of sp³-hybridized carbons (Fsp3) is 0.800. The van der Waals surface area contributed by atoms with E-state index in [4.69, 9.17) is 0 Å². The average molecular weight is 264 g/mol. The van der Waals surface area contributed by atoms with Gasteiger partial charge in [-0.05, 0) is 51.9 Å². The molecule has 108 valence electrons. The lowest BCUT2D eigenvalue weighted by molar-refractivity contribution is 0.0922. The Kier molecular flexibility index (Phi) is 5.40. The van der Waals surface area contributed by atoms with Crippen molar-refractivity contribution in [2.45, 2.75) is 45.7 Å². The molecule has 4 nitrogen and oxygen atoms in total. The Hall–Kier alpha value is -0.870. The topological polar surface area (TPSA) is 33.1 Å². The largest absolute Gasteiger partial charge is 0.333 e. The number of likely N-dealkylation sites (tertiary alicyclic amines) is 1. The lowest BCUT2D eigenvalue weighted by atomic mass is 9.87. The number of nitrogens with zero attached hydrogens (tertiary/aromatic N) is 3. The molecule has 0 saturated carbocycles. The maximum absolute atomic E-state index is 4.40. The highest BCUT2D eigenvalue weighted by atomic mass is 15.2. The van der Waals surface area contributed by atoms with Gasteiger partial charge in [0.2, 0.25) is 0 Å². The summed E-state index contributed by atoms with van der Waals surface area (Å²) in [5.41, 5.74) is 1.41. The first-order chi connectivity index (χ1) is 9.31. The second-order valence-corrected chi connectivity index (χ2v) is 5.55. The molecule has 1 aliphatic rings. The van der Waals surface area contributed by atoms with E-state index in [1.165, 1.54) is 31.5 Å². The van der Waals surface area contributed by atoms with Gasteiger partial charge in [-0.15, -0.1) is 0 Å². The van der Waals surface area contributed by atoms with Gasteiger partial charge in [0.05, 0.1) is 18.1 Å². The van der Waals surface area contributed by atoms with Gasteiger partial charge in [-0.3, -0.25) is 4.90 Å². The Morgan fingerprint density at radius 1 is 1.42 bits per heavy atom. The monoisotopic (exact) mass is 264 g/mol. The van der Waals surface area contributed by atoms with Crippen molar-refractivity contribution in [1.29, 1.82) is 0 Å². The third-order valence-corrected chi connectivity index (χ3v) is 4.24. The number of piperidine rings is 1. The molecule has 0 aromatic carbocycles. The quantitative estimate of drug-likeness (QED) is 0.856. The van der Waals surface area contributed by atoms with Crippen LogP contribution in [0.25, 0.3) is 0 Å². The van der Waals surface area contributed by atoms with E-state index >= 15 is 0 Å². The SMILES string of the molecule is CCCn1cncc1C1C(CNC)CCCN1CC. The van der Waals surface area contributed by atoms with E-state index in [1.807, 2.05) is 6.33 Å². The molecule has 0 spiro atoms. The van der Waals surface area contributed by atoms with Crippen molar-refractivity contribution < 1.29 is 0 Å². The molecule has 2 heterocycles. The predicted molar refractivity (Wildman–Crippen MR) is 79.2 cm³/mol. The first kappa shape index (κ1) is 14.5. The summed E-state index contributed by atoms with van der Waals surface area (Å²) in [6, 6.07) is 0.528. The van der Waals surface area contributed by atoms with Crippen LogP contribution >= 0.6 is 0 Å². The molecule has 19 heavy (non-hydrogen) atoms. The van der Waals surface area contributed by atoms with E-state index in [0.29, 0.717) is 12.0 Å². The number of hydrogen-bond donors (Lipinski definition) is 1. The Balaban J connectivity index is 2.25. The third-order valence-electron chi connectivity index (χ3n) is 4.24. The van der Waals surface area contributed by atoms with Crippen molar-refractivity contribution in [2.75, 3.05) is 26.7 Å². The molecule has 0 radical (unpaired) electrons. The number of imidazole rings is 1. The summed E-state index contributed by atoms with van der Waals surface area (Å²) in [4.78, 5) is 7.01. The summed E-state index contributed by atoms with van der Waals surface area (Å²) < 4.78 is 2.35. The Bertz CT molecular complexity index is 372. The minimum absolute atomic E-state index is 0.528. The van der Waals surface area contributed by atoms with Gasteiger partial charge < -0.3 is 9.88 Å². The van der Waals surface area contributed by atoms with E-state index in [0.717, 1.165) is 19.6 Å². The number of aryl methyl sites for hydroxylation is 1. The molecule has 0 amide bonds. The molecule has 1 saturated heterocycles. The van der Waals surface area contributed by atoms with Crippen molar-refractivity contribution in [3.63, 3.8) is 0 Å². The van der Waals surface area contributed by atoms with Crippen LogP contribution in [0.4, 0.5) is 0 Å². The van der Waals surface area contributed by atoms with E-state index in [-0.39, 0.29) is 0 Å². The molecule has 0 aliphatic carbocycles. The van der Waals surface area contributed by atoms with Gasteiger partial charge in [-0.2, -0.15) is 0 Å². The van der Waals surface area contributed by atoms with Gasteiger partial charge in [0.1, 0.15) is 0 Å². The van der Waals surface area contributed by atoms with Crippen LogP contribution in [0.5, 0.6) is 0 Å². The minimum atomic E-state index is 0.528. The molecule has 2 unspecified atom stereocenters. The van der Waals surface area contributed by atoms with Crippen molar-refractivity contribution in [2.24, 2.45) is 5.92 Å². The van der Waals surface area contributed by atoms with Gasteiger partial charge in [-0.1, -0.05) is 13.8 Å². The first-order valence-electron chi connectivity index (χ1n) is 7.70. The number of aromatic nitrogens is 2. The van der Waals surface area contributed by atoms with Gasteiger partial charge in [0.15, 0.2) is 0 Å². The molecule has 2 atom stereocenters. The molecular formula is C15H28N4. The highest BCUT2D eigenvalue weighted by Crippen LogP contribution is 2.35. The van der Waals surface area contributed by atoms with Crippen LogP contribution in [0.15, 0.2) is 12.5 Å². The third kappa shape index (κ3) is 3.18. The van der Waals surface area contributed by atoms with Crippen LogP contribution in [0.2, 0.25) is 0 Å². The molecule has 4 heteroatoms. The lowest BCUT2D eigenvalue weighted by Crippen LogP contribution is -2.42. The van der Waals surface area contributed by atoms with Crippen LogP contribution in [-0.2, 0) is 6.54 Å². The summed E-state index contributed by atoms with van der Waals surface area (Å²) in [7, 11) is 2.06. The van der Waals surface area contributed by atoms with Crippen LogP contribution in [0, 0.1) is 5.92 Å². The zero-order valence-corrected chi connectivity index (χ0v) is 12.6.